The van der Waals surface area contributed by atoms with Crippen LogP contribution in [0.3, 0.4) is 0 Å². The van der Waals surface area contributed by atoms with Crippen LogP contribution in [0.25, 0.3) is 5.70 Å². The van der Waals surface area contributed by atoms with Crippen LogP contribution >= 0.6 is 0 Å². The smallest absolute Gasteiger partial charge is 0.338 e. The quantitative estimate of drug-likeness (QED) is 0.354. The number of aryl methyl sites for hydroxylation is 1. The van der Waals surface area contributed by atoms with Crippen LogP contribution < -0.4 is 5.43 Å². The van der Waals surface area contributed by atoms with E-state index in [1.807, 2.05) is 44.2 Å². The van der Waals surface area contributed by atoms with E-state index in [1.54, 1.807) is 12.1 Å². The van der Waals surface area contributed by atoms with Crippen LogP contribution in [0.4, 0.5) is 0 Å². The summed E-state index contributed by atoms with van der Waals surface area (Å²) in [5.74, 6) is -1.50. The molecular weight excluding hydrogens is 486 g/mol. The lowest BCUT2D eigenvalue weighted by molar-refractivity contribution is -0.138. The molecule has 38 heavy (non-hydrogen) atoms. The van der Waals surface area contributed by atoms with Gasteiger partial charge in [0.1, 0.15) is 11.8 Å². The fourth-order valence-corrected chi connectivity index (χ4v) is 4.47. The number of esters is 1. The van der Waals surface area contributed by atoms with Crippen LogP contribution in [-0.2, 0) is 9.53 Å². The Hall–Kier alpha value is -4.66. The molecule has 9 heteroatoms. The zero-order valence-electron chi connectivity index (χ0n) is 21.1. The van der Waals surface area contributed by atoms with Crippen LogP contribution in [0.15, 0.2) is 71.4 Å². The summed E-state index contributed by atoms with van der Waals surface area (Å²) in [4.78, 5) is 52.4. The highest BCUT2D eigenvalue weighted by Gasteiger charge is 2.36. The number of hydrogen-bond donors (Lipinski definition) is 1. The highest BCUT2D eigenvalue weighted by molar-refractivity contribution is 6.22. The third-order valence-electron chi connectivity index (χ3n) is 6.58. The molecule has 5 rings (SSSR count). The van der Waals surface area contributed by atoms with E-state index in [2.05, 4.69) is 5.43 Å². The normalized spacial score (nSPS) is 16.4. The number of fused-ring (bicyclic) bond motifs is 1. The molecule has 194 valence electrons. The summed E-state index contributed by atoms with van der Waals surface area (Å²) in [5.41, 5.74) is 6.34. The summed E-state index contributed by atoms with van der Waals surface area (Å²) in [7, 11) is 0. The Labute approximate surface area is 219 Å². The molecule has 1 atom stereocenters. The van der Waals surface area contributed by atoms with Crippen molar-refractivity contribution in [1.29, 1.82) is 0 Å². The molecule has 0 spiro atoms. The number of imide groups is 1. The number of rotatable bonds is 8. The number of ether oxygens (including phenoxy) is 1. The van der Waals surface area contributed by atoms with E-state index >= 15 is 0 Å². The molecular formula is C29H27N3O6. The molecule has 9 nitrogen and oxygen atoms in total. The second kappa shape index (κ2) is 10.4. The van der Waals surface area contributed by atoms with Crippen LogP contribution in [0.5, 0.6) is 0 Å². The number of unbranched alkanes of at least 4 members (excludes halogenated alkanes) is 1. The minimum absolute atomic E-state index is 0.0884. The highest BCUT2D eigenvalue weighted by atomic mass is 16.5. The van der Waals surface area contributed by atoms with Gasteiger partial charge < -0.3 is 9.15 Å². The van der Waals surface area contributed by atoms with E-state index in [4.69, 9.17) is 9.15 Å². The molecule has 0 aliphatic carbocycles. The Morgan fingerprint density at radius 1 is 1.03 bits per heavy atom. The summed E-state index contributed by atoms with van der Waals surface area (Å²) in [6.45, 7) is 3.76. The number of amides is 3. The number of hydrogen-bond acceptors (Lipinski definition) is 7. The second-order valence-electron chi connectivity index (χ2n) is 9.23. The van der Waals surface area contributed by atoms with Crippen molar-refractivity contribution in [2.45, 2.75) is 32.7 Å². The van der Waals surface area contributed by atoms with Crippen LogP contribution in [0.1, 0.15) is 73.8 Å². The van der Waals surface area contributed by atoms with Gasteiger partial charge in [-0.25, -0.2) is 9.80 Å². The zero-order chi connectivity index (χ0) is 26.8. The molecule has 3 aromatic rings. The second-order valence-corrected chi connectivity index (χ2v) is 9.23. The van der Waals surface area contributed by atoms with Crippen molar-refractivity contribution in [3.05, 3.63) is 101 Å². The molecule has 0 saturated carbocycles. The number of furan rings is 1. The number of carbonyl (C=O) groups excluding carboxylic acids is 4. The Kier molecular flexibility index (Phi) is 6.83. The largest absolute Gasteiger partial charge is 0.467 e. The van der Waals surface area contributed by atoms with Gasteiger partial charge in [-0.15, -0.1) is 0 Å². The first-order valence-electron chi connectivity index (χ1n) is 12.5. The van der Waals surface area contributed by atoms with Gasteiger partial charge in [0.15, 0.2) is 6.61 Å². The van der Waals surface area contributed by atoms with Crippen molar-refractivity contribution in [1.82, 2.24) is 15.3 Å². The van der Waals surface area contributed by atoms with Gasteiger partial charge in [-0.3, -0.25) is 24.7 Å². The first-order valence-corrected chi connectivity index (χ1v) is 12.5. The molecule has 2 aromatic carbocycles. The van der Waals surface area contributed by atoms with Gasteiger partial charge in [0.25, 0.3) is 17.7 Å². The lowest BCUT2D eigenvalue weighted by Crippen LogP contribution is -2.42. The average molecular weight is 514 g/mol. The molecule has 2 aliphatic rings. The van der Waals surface area contributed by atoms with E-state index in [0.29, 0.717) is 18.7 Å². The van der Waals surface area contributed by atoms with Gasteiger partial charge in [0, 0.05) is 6.54 Å². The first kappa shape index (κ1) is 25.0. The molecule has 2 aliphatic heterocycles. The van der Waals surface area contributed by atoms with Gasteiger partial charge >= 0.3 is 5.97 Å². The van der Waals surface area contributed by atoms with Gasteiger partial charge in [0.2, 0.25) is 0 Å². The van der Waals surface area contributed by atoms with Gasteiger partial charge in [-0.1, -0.05) is 43.2 Å². The van der Waals surface area contributed by atoms with E-state index in [-0.39, 0.29) is 22.6 Å². The lowest BCUT2D eigenvalue weighted by atomic mass is 10.1. The lowest BCUT2D eigenvalue weighted by Gasteiger charge is -2.23. The van der Waals surface area contributed by atoms with Crippen LogP contribution in [0.2, 0.25) is 0 Å². The maximum absolute atomic E-state index is 13.1. The molecule has 0 radical (unpaired) electrons. The zero-order valence-corrected chi connectivity index (χ0v) is 21.1. The molecule has 1 N–H and O–H groups in total. The van der Waals surface area contributed by atoms with Crippen LogP contribution in [-0.4, -0.2) is 46.8 Å². The van der Waals surface area contributed by atoms with E-state index in [9.17, 15) is 19.2 Å². The third-order valence-corrected chi connectivity index (χ3v) is 6.58. The fraction of sp³-hybridized carbons (Fsp3) is 0.241. The fourth-order valence-electron chi connectivity index (χ4n) is 4.47. The summed E-state index contributed by atoms with van der Waals surface area (Å²) in [6, 6.07) is 15.0. The molecule has 3 heterocycles. The predicted molar refractivity (Wildman–Crippen MR) is 138 cm³/mol. The standard InChI is InChI=1S/C29H27N3O6/c1-3-4-13-31-27(34)21-12-11-20(15-22(21)28(31)35)29(36)38-17-26(33)32-24(25-6-5-14-37-25)16-23(30-32)19-9-7-18(2)8-10-19/h5-12,14-16,24,30H,3-4,13,17H2,1-2H3/t24-/m1/s1. The van der Waals surface area contributed by atoms with E-state index in [1.165, 1.54) is 34.4 Å². The number of nitrogens with zero attached hydrogens (tertiary/aromatic N) is 2. The Bertz CT molecular complexity index is 1420. The summed E-state index contributed by atoms with van der Waals surface area (Å²) in [6.07, 6.45) is 4.94. The molecule has 0 unspecified atom stereocenters. The molecule has 1 aromatic heterocycles. The Morgan fingerprint density at radius 3 is 2.50 bits per heavy atom. The van der Waals surface area contributed by atoms with Gasteiger partial charge in [0.05, 0.1) is 28.7 Å². The number of nitrogens with one attached hydrogen (secondary N) is 1. The van der Waals surface area contributed by atoms with Crippen molar-refractivity contribution in [2.75, 3.05) is 13.2 Å². The average Bonchev–Trinajstić information content (AvgIpc) is 3.66. The summed E-state index contributed by atoms with van der Waals surface area (Å²) in [5, 5.41) is 1.36. The minimum Gasteiger partial charge on any atom is -0.467 e. The van der Waals surface area contributed by atoms with Crippen molar-refractivity contribution >= 4 is 29.4 Å². The maximum atomic E-state index is 13.1. The topological polar surface area (TPSA) is 109 Å². The molecule has 0 fully saturated rings. The molecule has 3 amide bonds. The monoisotopic (exact) mass is 513 g/mol. The van der Waals surface area contributed by atoms with Crippen molar-refractivity contribution < 1.29 is 28.3 Å². The van der Waals surface area contributed by atoms with E-state index < -0.39 is 30.4 Å². The van der Waals surface area contributed by atoms with Crippen molar-refractivity contribution in [3.63, 3.8) is 0 Å². The number of benzene rings is 2. The van der Waals surface area contributed by atoms with Crippen molar-refractivity contribution in [2.24, 2.45) is 0 Å². The van der Waals surface area contributed by atoms with E-state index in [0.717, 1.165) is 23.2 Å². The molecule has 0 saturated heterocycles. The first-order chi connectivity index (χ1) is 18.4. The number of carbonyl (C=O) groups is 4. The SMILES string of the molecule is CCCCN1C(=O)c2ccc(C(=O)OCC(=O)N3NC(c4ccc(C)cc4)=C[C@@H]3c3ccco3)cc2C1=O. The Balaban J connectivity index is 1.27. The van der Waals surface area contributed by atoms with Crippen LogP contribution in [0, 0.1) is 6.92 Å². The Morgan fingerprint density at radius 2 is 1.79 bits per heavy atom. The summed E-state index contributed by atoms with van der Waals surface area (Å²) < 4.78 is 10.8. The summed E-state index contributed by atoms with van der Waals surface area (Å²) >= 11 is 0. The highest BCUT2D eigenvalue weighted by Crippen LogP contribution is 2.32. The molecule has 0 bridgehead atoms. The maximum Gasteiger partial charge on any atom is 0.338 e. The van der Waals surface area contributed by atoms with Crippen molar-refractivity contribution in [3.8, 4) is 0 Å². The number of hydrazine groups is 1. The predicted octanol–water partition coefficient (Wildman–Crippen LogP) is 4.27. The van der Waals surface area contributed by atoms with Gasteiger partial charge in [-0.05, 0) is 55.3 Å². The van der Waals surface area contributed by atoms with Gasteiger partial charge in [-0.2, -0.15) is 0 Å². The minimum atomic E-state index is -0.770. The third kappa shape index (κ3) is 4.70.